The monoisotopic (exact) mass is 237 g/mol. The molecule has 0 fully saturated rings. The molecule has 0 bridgehead atoms. The summed E-state index contributed by atoms with van der Waals surface area (Å²) in [6.45, 7) is 6.15. The Hall–Kier alpha value is -1.22. The Bertz CT molecular complexity index is 381. The first-order valence-corrected chi connectivity index (χ1v) is 5.94. The molecule has 0 heterocycles. The fourth-order valence-corrected chi connectivity index (χ4v) is 1.93. The maximum absolute atomic E-state index is 6.08. The number of ether oxygens (including phenoxy) is 2. The van der Waals surface area contributed by atoms with Gasteiger partial charge in [0.25, 0.3) is 0 Å². The molecule has 0 radical (unpaired) electrons. The van der Waals surface area contributed by atoms with Crippen molar-refractivity contribution >= 4 is 0 Å². The van der Waals surface area contributed by atoms with Gasteiger partial charge in [-0.15, -0.1) is 0 Å². The molecule has 1 rings (SSSR count). The molecule has 0 atom stereocenters. The molecule has 0 aliphatic heterocycles. The van der Waals surface area contributed by atoms with E-state index in [-0.39, 0.29) is 5.54 Å². The molecule has 3 heteroatoms. The molecule has 0 unspecified atom stereocenters. The van der Waals surface area contributed by atoms with E-state index in [4.69, 9.17) is 15.2 Å². The van der Waals surface area contributed by atoms with Crippen LogP contribution in [0.4, 0.5) is 0 Å². The molecule has 2 N–H and O–H groups in total. The van der Waals surface area contributed by atoms with Gasteiger partial charge in [-0.25, -0.2) is 0 Å². The molecule has 1 aromatic carbocycles. The van der Waals surface area contributed by atoms with E-state index in [0.717, 1.165) is 29.9 Å². The second-order valence-electron chi connectivity index (χ2n) is 5.01. The van der Waals surface area contributed by atoms with Gasteiger partial charge in [0.15, 0.2) is 11.5 Å². The molecule has 0 aliphatic rings. The highest BCUT2D eigenvalue weighted by molar-refractivity contribution is 5.50. The third-order valence-corrected chi connectivity index (χ3v) is 2.67. The second kappa shape index (κ2) is 5.41. The second-order valence-corrected chi connectivity index (χ2v) is 5.01. The molecule has 17 heavy (non-hydrogen) atoms. The Labute approximate surface area is 104 Å². The van der Waals surface area contributed by atoms with Crippen molar-refractivity contribution in [2.45, 2.75) is 39.2 Å². The predicted octanol–water partition coefficient (Wildman–Crippen LogP) is 2.55. The van der Waals surface area contributed by atoms with Gasteiger partial charge in [0.1, 0.15) is 0 Å². The summed E-state index contributed by atoms with van der Waals surface area (Å²) in [5.74, 6) is 1.58. The average molecular weight is 237 g/mol. The number of aryl methyl sites for hydroxylation is 1. The van der Waals surface area contributed by atoms with Crippen molar-refractivity contribution in [3.63, 3.8) is 0 Å². The van der Waals surface area contributed by atoms with Crippen LogP contribution in [0.15, 0.2) is 12.1 Å². The van der Waals surface area contributed by atoms with Crippen LogP contribution >= 0.6 is 0 Å². The van der Waals surface area contributed by atoms with Crippen LogP contribution in [0.5, 0.6) is 11.5 Å². The zero-order valence-electron chi connectivity index (χ0n) is 11.5. The summed E-state index contributed by atoms with van der Waals surface area (Å²) < 4.78 is 10.8. The van der Waals surface area contributed by atoms with Gasteiger partial charge >= 0.3 is 0 Å². The minimum Gasteiger partial charge on any atom is -0.493 e. The highest BCUT2D eigenvalue weighted by atomic mass is 16.5. The SMILES string of the molecule is CCc1cc(CC(C)(C)N)c(OC)c(OC)c1. The molecule has 1 aromatic rings. The molecule has 0 saturated carbocycles. The van der Waals surface area contributed by atoms with E-state index in [1.54, 1.807) is 14.2 Å². The molecule has 96 valence electrons. The minimum absolute atomic E-state index is 0.259. The van der Waals surface area contributed by atoms with Gasteiger partial charge in [-0.2, -0.15) is 0 Å². The molecule has 0 aromatic heterocycles. The van der Waals surface area contributed by atoms with Crippen molar-refractivity contribution in [3.8, 4) is 11.5 Å². The standard InChI is InChI=1S/C14H23NO2/c1-6-10-7-11(9-14(2,3)15)13(17-5)12(8-10)16-4/h7-8H,6,9,15H2,1-5H3. The fourth-order valence-electron chi connectivity index (χ4n) is 1.93. The Kier molecular flexibility index (Phi) is 4.40. The van der Waals surface area contributed by atoms with E-state index in [2.05, 4.69) is 13.0 Å². The number of hydrogen-bond donors (Lipinski definition) is 1. The highest BCUT2D eigenvalue weighted by Crippen LogP contribution is 2.34. The summed E-state index contributed by atoms with van der Waals surface area (Å²) in [7, 11) is 3.32. The first-order valence-electron chi connectivity index (χ1n) is 5.94. The molecular weight excluding hydrogens is 214 g/mol. The number of hydrogen-bond acceptors (Lipinski definition) is 3. The van der Waals surface area contributed by atoms with Crippen LogP contribution in [-0.2, 0) is 12.8 Å². The number of methoxy groups -OCH3 is 2. The topological polar surface area (TPSA) is 44.5 Å². The van der Waals surface area contributed by atoms with Crippen LogP contribution in [0.1, 0.15) is 31.9 Å². The van der Waals surface area contributed by atoms with E-state index in [9.17, 15) is 0 Å². The van der Waals surface area contributed by atoms with E-state index in [1.165, 1.54) is 5.56 Å². The lowest BCUT2D eigenvalue weighted by Gasteiger charge is -2.22. The molecule has 0 amide bonds. The summed E-state index contributed by atoms with van der Waals surface area (Å²) in [6.07, 6.45) is 1.73. The van der Waals surface area contributed by atoms with E-state index in [0.29, 0.717) is 0 Å². The van der Waals surface area contributed by atoms with Gasteiger partial charge < -0.3 is 15.2 Å². The number of nitrogens with two attached hydrogens (primary N) is 1. The summed E-state index contributed by atoms with van der Waals surface area (Å²) in [4.78, 5) is 0. The van der Waals surface area contributed by atoms with Crippen LogP contribution in [0.2, 0.25) is 0 Å². The van der Waals surface area contributed by atoms with Gasteiger partial charge in [0.2, 0.25) is 0 Å². The van der Waals surface area contributed by atoms with Gasteiger partial charge in [0.05, 0.1) is 14.2 Å². The summed E-state index contributed by atoms with van der Waals surface area (Å²) in [6, 6.07) is 4.17. The van der Waals surface area contributed by atoms with E-state index >= 15 is 0 Å². The van der Waals surface area contributed by atoms with Gasteiger partial charge in [-0.3, -0.25) is 0 Å². The lowest BCUT2D eigenvalue weighted by Crippen LogP contribution is -2.34. The predicted molar refractivity (Wildman–Crippen MR) is 70.9 cm³/mol. The van der Waals surface area contributed by atoms with Crippen molar-refractivity contribution in [1.29, 1.82) is 0 Å². The van der Waals surface area contributed by atoms with E-state index in [1.807, 2.05) is 19.9 Å². The van der Waals surface area contributed by atoms with Crippen molar-refractivity contribution in [1.82, 2.24) is 0 Å². The summed E-state index contributed by atoms with van der Waals surface area (Å²) in [5.41, 5.74) is 8.16. The number of rotatable bonds is 5. The van der Waals surface area contributed by atoms with Crippen LogP contribution in [0, 0.1) is 0 Å². The van der Waals surface area contributed by atoms with Crippen molar-refractivity contribution < 1.29 is 9.47 Å². The maximum Gasteiger partial charge on any atom is 0.163 e. The lowest BCUT2D eigenvalue weighted by atomic mass is 9.93. The largest absolute Gasteiger partial charge is 0.493 e. The molecular formula is C14H23NO2. The van der Waals surface area contributed by atoms with Crippen molar-refractivity contribution in [2.75, 3.05) is 14.2 Å². The van der Waals surface area contributed by atoms with Gasteiger partial charge in [0, 0.05) is 11.1 Å². The zero-order valence-corrected chi connectivity index (χ0v) is 11.5. The highest BCUT2D eigenvalue weighted by Gasteiger charge is 2.18. The normalized spacial score (nSPS) is 11.4. The Morgan fingerprint density at radius 3 is 2.24 bits per heavy atom. The molecule has 0 saturated heterocycles. The van der Waals surface area contributed by atoms with E-state index < -0.39 is 0 Å². The van der Waals surface area contributed by atoms with Crippen LogP contribution < -0.4 is 15.2 Å². The van der Waals surface area contributed by atoms with Crippen molar-refractivity contribution in [2.24, 2.45) is 5.73 Å². The maximum atomic E-state index is 6.08. The summed E-state index contributed by atoms with van der Waals surface area (Å²) >= 11 is 0. The fraction of sp³-hybridized carbons (Fsp3) is 0.571. The first kappa shape index (κ1) is 13.8. The summed E-state index contributed by atoms with van der Waals surface area (Å²) in [5, 5.41) is 0. The molecule has 0 spiro atoms. The van der Waals surface area contributed by atoms with Crippen LogP contribution in [0.3, 0.4) is 0 Å². The zero-order chi connectivity index (χ0) is 13.1. The lowest BCUT2D eigenvalue weighted by molar-refractivity contribution is 0.348. The van der Waals surface area contributed by atoms with Crippen LogP contribution in [-0.4, -0.2) is 19.8 Å². The van der Waals surface area contributed by atoms with Crippen molar-refractivity contribution in [3.05, 3.63) is 23.3 Å². The van der Waals surface area contributed by atoms with Gasteiger partial charge in [-0.05, 0) is 38.3 Å². The quantitative estimate of drug-likeness (QED) is 0.856. The molecule has 3 nitrogen and oxygen atoms in total. The third kappa shape index (κ3) is 3.63. The van der Waals surface area contributed by atoms with Crippen LogP contribution in [0.25, 0.3) is 0 Å². The Balaban J connectivity index is 3.24. The molecule has 0 aliphatic carbocycles. The Morgan fingerprint density at radius 1 is 1.18 bits per heavy atom. The Morgan fingerprint density at radius 2 is 1.82 bits per heavy atom. The number of benzene rings is 1. The first-order chi connectivity index (χ1) is 7.91. The third-order valence-electron chi connectivity index (χ3n) is 2.67. The van der Waals surface area contributed by atoms with Gasteiger partial charge in [-0.1, -0.05) is 13.0 Å². The smallest absolute Gasteiger partial charge is 0.163 e. The average Bonchev–Trinajstić information content (AvgIpc) is 2.25. The minimum atomic E-state index is -0.259.